The summed E-state index contributed by atoms with van der Waals surface area (Å²) in [6.45, 7) is 6.79. The number of hydrogen-bond donors (Lipinski definition) is 0. The van der Waals surface area contributed by atoms with E-state index in [1.165, 1.54) is 6.07 Å². The zero-order valence-electron chi connectivity index (χ0n) is 16.6. The van der Waals surface area contributed by atoms with Gasteiger partial charge in [0.25, 0.3) is 0 Å². The summed E-state index contributed by atoms with van der Waals surface area (Å²) in [6.07, 6.45) is -3.52. The van der Waals surface area contributed by atoms with Crippen molar-refractivity contribution < 1.29 is 18.0 Å². The van der Waals surface area contributed by atoms with Gasteiger partial charge in [0, 0.05) is 44.1 Å². The van der Waals surface area contributed by atoms with Gasteiger partial charge in [0.05, 0.1) is 12.1 Å². The molecule has 5 nitrogen and oxygen atoms in total. The second kappa shape index (κ2) is 8.82. The molecular formula is C21H25F3N4O. The van der Waals surface area contributed by atoms with Crippen molar-refractivity contribution in [3.63, 3.8) is 0 Å². The number of hydrogen-bond acceptors (Lipinski definition) is 4. The molecule has 8 heteroatoms. The van der Waals surface area contributed by atoms with E-state index in [-0.39, 0.29) is 11.9 Å². The molecule has 0 atom stereocenters. The quantitative estimate of drug-likeness (QED) is 0.760. The van der Waals surface area contributed by atoms with Crippen molar-refractivity contribution in [2.45, 2.75) is 26.1 Å². The minimum Gasteiger partial charge on any atom is -0.354 e. The van der Waals surface area contributed by atoms with Crippen LogP contribution in [0.15, 0.2) is 48.7 Å². The topological polar surface area (TPSA) is 39.7 Å². The first-order chi connectivity index (χ1) is 13.8. The van der Waals surface area contributed by atoms with E-state index < -0.39 is 11.7 Å². The molecule has 29 heavy (non-hydrogen) atoms. The van der Waals surface area contributed by atoms with Gasteiger partial charge in [-0.1, -0.05) is 18.2 Å². The minimum atomic E-state index is -4.38. The zero-order valence-corrected chi connectivity index (χ0v) is 16.6. The number of para-hydroxylation sites is 1. The van der Waals surface area contributed by atoms with E-state index in [4.69, 9.17) is 0 Å². The molecule has 1 aromatic carbocycles. The van der Waals surface area contributed by atoms with Crippen LogP contribution in [-0.4, -0.2) is 54.6 Å². The highest BCUT2D eigenvalue weighted by atomic mass is 19.4. The summed E-state index contributed by atoms with van der Waals surface area (Å²) in [7, 11) is 0. The van der Waals surface area contributed by atoms with Gasteiger partial charge in [0.15, 0.2) is 0 Å². The van der Waals surface area contributed by atoms with Gasteiger partial charge < -0.3 is 9.80 Å². The molecule has 0 N–H and O–H groups in total. The third-order valence-corrected chi connectivity index (χ3v) is 4.95. The first-order valence-electron chi connectivity index (χ1n) is 9.63. The number of pyridine rings is 1. The van der Waals surface area contributed by atoms with Gasteiger partial charge in [-0.15, -0.1) is 0 Å². The average molecular weight is 406 g/mol. The summed E-state index contributed by atoms with van der Waals surface area (Å²) in [5.41, 5.74) is 0.125. The number of halogens is 3. The lowest BCUT2D eigenvalue weighted by Crippen LogP contribution is -2.51. The Morgan fingerprint density at radius 2 is 1.72 bits per heavy atom. The van der Waals surface area contributed by atoms with Gasteiger partial charge in [-0.25, -0.2) is 4.98 Å². The molecule has 156 valence electrons. The first-order valence-corrected chi connectivity index (χ1v) is 9.63. The second-order valence-corrected chi connectivity index (χ2v) is 7.36. The Balaban J connectivity index is 1.57. The fourth-order valence-electron chi connectivity index (χ4n) is 3.46. The fraction of sp³-hybridized carbons (Fsp3) is 0.429. The molecular weight excluding hydrogens is 381 g/mol. The van der Waals surface area contributed by atoms with E-state index >= 15 is 0 Å². The van der Waals surface area contributed by atoms with Gasteiger partial charge in [0.1, 0.15) is 5.82 Å². The number of aromatic nitrogens is 1. The second-order valence-electron chi connectivity index (χ2n) is 7.36. The van der Waals surface area contributed by atoms with Crippen LogP contribution >= 0.6 is 0 Å². The number of rotatable bonds is 5. The summed E-state index contributed by atoms with van der Waals surface area (Å²) in [5, 5.41) is 0. The van der Waals surface area contributed by atoms with E-state index in [9.17, 15) is 18.0 Å². The van der Waals surface area contributed by atoms with E-state index in [1.807, 2.05) is 49.1 Å². The highest BCUT2D eigenvalue weighted by Gasteiger charge is 2.31. The number of alkyl halides is 3. The monoisotopic (exact) mass is 406 g/mol. The predicted octanol–water partition coefficient (Wildman–Crippen LogP) is 3.66. The van der Waals surface area contributed by atoms with Crippen LogP contribution in [0.5, 0.6) is 0 Å². The summed E-state index contributed by atoms with van der Waals surface area (Å²) < 4.78 is 38.0. The molecule has 1 amide bonds. The lowest BCUT2D eigenvalue weighted by molar-refractivity contribution is -0.137. The lowest BCUT2D eigenvalue weighted by Gasteiger charge is -2.36. The van der Waals surface area contributed by atoms with Crippen LogP contribution in [0.3, 0.4) is 0 Å². The Bertz CT molecular complexity index is 801. The van der Waals surface area contributed by atoms with Crippen molar-refractivity contribution in [1.82, 2.24) is 9.88 Å². The Hall–Kier alpha value is -2.61. The highest BCUT2D eigenvalue weighted by molar-refractivity contribution is 5.95. The number of nitrogens with zero attached hydrogens (tertiary/aromatic N) is 4. The van der Waals surface area contributed by atoms with Crippen molar-refractivity contribution in [1.29, 1.82) is 0 Å². The summed E-state index contributed by atoms with van der Waals surface area (Å²) in [4.78, 5) is 22.7. The normalized spacial score (nSPS) is 15.6. The van der Waals surface area contributed by atoms with Crippen molar-refractivity contribution >= 4 is 17.4 Å². The molecule has 1 aliphatic rings. The van der Waals surface area contributed by atoms with Gasteiger partial charge in [-0.3, -0.25) is 9.69 Å². The largest absolute Gasteiger partial charge is 0.417 e. The zero-order chi connectivity index (χ0) is 21.0. The number of carbonyl (C=O) groups excluding carboxylic acids is 1. The summed E-state index contributed by atoms with van der Waals surface area (Å²) in [5.74, 6) is 0.560. The van der Waals surface area contributed by atoms with Crippen LogP contribution in [0.2, 0.25) is 0 Å². The molecule has 1 aromatic heterocycles. The van der Waals surface area contributed by atoms with E-state index in [0.29, 0.717) is 38.5 Å². The van der Waals surface area contributed by atoms with Crippen LogP contribution in [0.25, 0.3) is 0 Å². The molecule has 0 spiro atoms. The molecule has 0 saturated carbocycles. The van der Waals surface area contributed by atoms with Gasteiger partial charge in [0.2, 0.25) is 5.91 Å². The fourth-order valence-corrected chi connectivity index (χ4v) is 3.46. The molecule has 1 aliphatic heterocycles. The van der Waals surface area contributed by atoms with E-state index in [2.05, 4.69) is 9.88 Å². The highest BCUT2D eigenvalue weighted by Crippen LogP contribution is 2.29. The molecule has 1 fully saturated rings. The average Bonchev–Trinajstić information content (AvgIpc) is 2.69. The molecule has 0 radical (unpaired) electrons. The predicted molar refractivity (Wildman–Crippen MR) is 107 cm³/mol. The minimum absolute atomic E-state index is 0.0345. The van der Waals surface area contributed by atoms with Crippen LogP contribution in [0.1, 0.15) is 19.4 Å². The van der Waals surface area contributed by atoms with Crippen molar-refractivity contribution in [3.05, 3.63) is 54.2 Å². The van der Waals surface area contributed by atoms with Crippen LogP contribution in [0.4, 0.5) is 24.7 Å². The Labute approximate surface area is 168 Å². The van der Waals surface area contributed by atoms with Gasteiger partial charge in [-0.2, -0.15) is 13.2 Å². The van der Waals surface area contributed by atoms with Crippen molar-refractivity contribution in [2.24, 2.45) is 0 Å². The SMILES string of the molecule is CC(C)N(C(=O)CN1CCN(c2ccc(C(F)(F)F)cn2)CC1)c1ccccc1. The molecule has 1 saturated heterocycles. The van der Waals surface area contributed by atoms with Crippen LogP contribution in [0, 0.1) is 0 Å². The van der Waals surface area contributed by atoms with E-state index in [1.54, 1.807) is 4.90 Å². The van der Waals surface area contributed by atoms with Crippen LogP contribution in [-0.2, 0) is 11.0 Å². The lowest BCUT2D eigenvalue weighted by atomic mass is 10.2. The third kappa shape index (κ3) is 5.26. The standard InChI is InChI=1S/C21H25F3N4O/c1-16(2)28(18-6-4-3-5-7-18)20(29)15-26-10-12-27(13-11-26)19-9-8-17(14-25-19)21(22,23)24/h3-9,14,16H,10-13,15H2,1-2H3. The smallest absolute Gasteiger partial charge is 0.354 e. The molecule has 0 bridgehead atoms. The number of anilines is 2. The Morgan fingerprint density at radius 1 is 1.07 bits per heavy atom. The summed E-state index contributed by atoms with van der Waals surface area (Å²) >= 11 is 0. The van der Waals surface area contributed by atoms with E-state index in [0.717, 1.165) is 18.0 Å². The third-order valence-electron chi connectivity index (χ3n) is 4.95. The first kappa shape index (κ1) is 21.1. The number of piperazine rings is 1. The molecule has 0 aliphatic carbocycles. The number of carbonyl (C=O) groups is 1. The van der Waals surface area contributed by atoms with Crippen molar-refractivity contribution in [2.75, 3.05) is 42.5 Å². The Kier molecular flexibility index (Phi) is 6.42. The molecule has 2 heterocycles. The van der Waals surface area contributed by atoms with Gasteiger partial charge in [-0.05, 0) is 38.1 Å². The Morgan fingerprint density at radius 3 is 2.24 bits per heavy atom. The molecule has 0 unspecified atom stereocenters. The maximum Gasteiger partial charge on any atom is 0.417 e. The van der Waals surface area contributed by atoms with Gasteiger partial charge >= 0.3 is 6.18 Å². The maximum absolute atomic E-state index is 12.9. The van der Waals surface area contributed by atoms with Crippen molar-refractivity contribution in [3.8, 4) is 0 Å². The van der Waals surface area contributed by atoms with Crippen LogP contribution < -0.4 is 9.80 Å². The number of benzene rings is 1. The molecule has 2 aromatic rings. The number of amides is 1. The maximum atomic E-state index is 12.9. The molecule has 3 rings (SSSR count). The summed E-state index contributed by atoms with van der Waals surface area (Å²) in [6, 6.07) is 12.1.